The normalized spacial score (nSPS) is 18.9. The van der Waals surface area contributed by atoms with Crippen molar-refractivity contribution in [3.8, 4) is 0 Å². The first-order valence-electron chi connectivity index (χ1n) is 7.01. The second-order valence-electron chi connectivity index (χ2n) is 5.34. The highest BCUT2D eigenvalue weighted by atomic mass is 15.1. The van der Waals surface area contributed by atoms with Crippen molar-refractivity contribution in [1.29, 1.82) is 0 Å². The van der Waals surface area contributed by atoms with Gasteiger partial charge < -0.3 is 5.32 Å². The van der Waals surface area contributed by atoms with Gasteiger partial charge in [-0.15, -0.1) is 0 Å². The highest BCUT2D eigenvalue weighted by molar-refractivity contribution is 5.22. The summed E-state index contributed by atoms with van der Waals surface area (Å²) in [5.41, 5.74) is 3.70. The quantitative estimate of drug-likeness (QED) is 0.844. The smallest absolute Gasteiger partial charge is 0.0638 e. The van der Waals surface area contributed by atoms with E-state index in [1.165, 1.54) is 56.2 Å². The first kappa shape index (κ1) is 12.6. The molecule has 0 aromatic carbocycles. The zero-order valence-corrected chi connectivity index (χ0v) is 11.2. The number of hydrogen-bond donors (Lipinski definition) is 2. The molecule has 0 amide bonds. The fourth-order valence-electron chi connectivity index (χ4n) is 2.74. The lowest BCUT2D eigenvalue weighted by atomic mass is 9.96. The van der Waals surface area contributed by atoms with E-state index in [9.17, 15) is 0 Å². The maximum atomic E-state index is 4.25. The number of rotatable bonds is 3. The Morgan fingerprint density at radius 2 is 1.76 bits per heavy atom. The molecular weight excluding hydrogens is 210 g/mol. The monoisotopic (exact) mass is 235 g/mol. The van der Waals surface area contributed by atoms with Gasteiger partial charge in [0.05, 0.1) is 5.69 Å². The summed E-state index contributed by atoms with van der Waals surface area (Å²) < 4.78 is 0. The molecule has 0 aliphatic heterocycles. The summed E-state index contributed by atoms with van der Waals surface area (Å²) >= 11 is 0. The molecule has 1 fully saturated rings. The van der Waals surface area contributed by atoms with Crippen molar-refractivity contribution in [2.45, 2.75) is 71.4 Å². The molecule has 1 aromatic heterocycles. The fourth-order valence-corrected chi connectivity index (χ4v) is 2.74. The minimum absolute atomic E-state index is 0.712. The largest absolute Gasteiger partial charge is 0.310 e. The van der Waals surface area contributed by atoms with Crippen LogP contribution in [-0.4, -0.2) is 16.2 Å². The van der Waals surface area contributed by atoms with Gasteiger partial charge in [-0.1, -0.05) is 32.1 Å². The third-order valence-corrected chi connectivity index (χ3v) is 3.95. The number of aromatic amines is 1. The Labute approximate surface area is 104 Å². The van der Waals surface area contributed by atoms with Gasteiger partial charge in [0.15, 0.2) is 0 Å². The van der Waals surface area contributed by atoms with E-state index in [1.54, 1.807) is 0 Å². The Morgan fingerprint density at radius 1 is 1.12 bits per heavy atom. The summed E-state index contributed by atoms with van der Waals surface area (Å²) in [6.07, 6.45) is 9.74. The fraction of sp³-hybridized carbons (Fsp3) is 0.786. The van der Waals surface area contributed by atoms with Gasteiger partial charge in [-0.3, -0.25) is 5.10 Å². The van der Waals surface area contributed by atoms with E-state index in [0.717, 1.165) is 12.2 Å². The second-order valence-corrected chi connectivity index (χ2v) is 5.34. The lowest BCUT2D eigenvalue weighted by Crippen LogP contribution is -2.29. The minimum Gasteiger partial charge on any atom is -0.310 e. The molecular formula is C14H25N3. The van der Waals surface area contributed by atoms with Gasteiger partial charge in [0.1, 0.15) is 0 Å². The second kappa shape index (κ2) is 6.20. The molecule has 0 unspecified atom stereocenters. The Kier molecular flexibility index (Phi) is 4.60. The van der Waals surface area contributed by atoms with Crippen LogP contribution in [0.2, 0.25) is 0 Å². The van der Waals surface area contributed by atoms with Crippen molar-refractivity contribution in [3.05, 3.63) is 17.0 Å². The summed E-state index contributed by atoms with van der Waals surface area (Å²) in [7, 11) is 0. The van der Waals surface area contributed by atoms with Crippen LogP contribution in [0.3, 0.4) is 0 Å². The summed E-state index contributed by atoms with van der Waals surface area (Å²) in [6.45, 7) is 5.16. The van der Waals surface area contributed by atoms with Gasteiger partial charge >= 0.3 is 0 Å². The predicted octanol–water partition coefficient (Wildman–Crippen LogP) is 3.23. The zero-order valence-electron chi connectivity index (χ0n) is 11.2. The van der Waals surface area contributed by atoms with Gasteiger partial charge in [-0.2, -0.15) is 5.10 Å². The molecule has 96 valence electrons. The van der Waals surface area contributed by atoms with Crippen LogP contribution in [0, 0.1) is 13.8 Å². The molecule has 1 aromatic rings. The number of hydrogen-bond acceptors (Lipinski definition) is 2. The summed E-state index contributed by atoms with van der Waals surface area (Å²) in [4.78, 5) is 0. The Balaban J connectivity index is 1.84. The van der Waals surface area contributed by atoms with Crippen LogP contribution >= 0.6 is 0 Å². The average molecular weight is 235 g/mol. The van der Waals surface area contributed by atoms with Crippen LogP contribution in [0.5, 0.6) is 0 Å². The van der Waals surface area contributed by atoms with Gasteiger partial charge in [-0.25, -0.2) is 0 Å². The molecule has 0 radical (unpaired) electrons. The van der Waals surface area contributed by atoms with Crippen LogP contribution in [0.15, 0.2) is 0 Å². The van der Waals surface area contributed by atoms with E-state index in [4.69, 9.17) is 0 Å². The summed E-state index contributed by atoms with van der Waals surface area (Å²) in [5.74, 6) is 0. The van der Waals surface area contributed by atoms with Crippen molar-refractivity contribution in [2.24, 2.45) is 0 Å². The summed E-state index contributed by atoms with van der Waals surface area (Å²) in [6, 6.07) is 0.712. The first-order valence-corrected chi connectivity index (χ1v) is 7.01. The predicted molar refractivity (Wildman–Crippen MR) is 71.0 cm³/mol. The third-order valence-electron chi connectivity index (χ3n) is 3.95. The molecule has 0 bridgehead atoms. The maximum absolute atomic E-state index is 4.25. The highest BCUT2D eigenvalue weighted by Gasteiger charge is 2.12. The van der Waals surface area contributed by atoms with Gasteiger partial charge in [0.2, 0.25) is 0 Å². The number of nitrogens with one attached hydrogen (secondary N) is 2. The van der Waals surface area contributed by atoms with Gasteiger partial charge in [0.25, 0.3) is 0 Å². The minimum atomic E-state index is 0.712. The van der Waals surface area contributed by atoms with E-state index in [0.29, 0.717) is 6.04 Å². The molecule has 3 nitrogen and oxygen atoms in total. The standard InChI is InChI=1S/C14H25N3/c1-11-14(12(2)17-16-11)10-15-13-8-6-4-3-5-7-9-13/h13,15H,3-10H2,1-2H3,(H,16,17). The molecule has 1 saturated carbocycles. The van der Waals surface area contributed by atoms with Gasteiger partial charge in [-0.05, 0) is 26.7 Å². The molecule has 2 rings (SSSR count). The SMILES string of the molecule is Cc1n[nH]c(C)c1CNC1CCCCCCC1. The summed E-state index contributed by atoms with van der Waals surface area (Å²) in [5, 5.41) is 11.0. The van der Waals surface area contributed by atoms with Crippen LogP contribution in [0.25, 0.3) is 0 Å². The zero-order chi connectivity index (χ0) is 12.1. The van der Waals surface area contributed by atoms with Crippen LogP contribution in [-0.2, 0) is 6.54 Å². The topological polar surface area (TPSA) is 40.7 Å². The van der Waals surface area contributed by atoms with Crippen LogP contribution in [0.1, 0.15) is 61.9 Å². The Hall–Kier alpha value is -0.830. The lowest BCUT2D eigenvalue weighted by Gasteiger charge is -2.21. The van der Waals surface area contributed by atoms with Gasteiger partial charge in [0, 0.05) is 23.8 Å². The highest BCUT2D eigenvalue weighted by Crippen LogP contribution is 2.18. The van der Waals surface area contributed by atoms with Crippen LogP contribution in [0.4, 0.5) is 0 Å². The molecule has 0 atom stereocenters. The molecule has 0 saturated heterocycles. The maximum Gasteiger partial charge on any atom is 0.0638 e. The molecule has 17 heavy (non-hydrogen) atoms. The van der Waals surface area contributed by atoms with Crippen molar-refractivity contribution >= 4 is 0 Å². The van der Waals surface area contributed by atoms with Crippen molar-refractivity contribution in [3.63, 3.8) is 0 Å². The Bertz CT molecular complexity index is 316. The van der Waals surface area contributed by atoms with Crippen molar-refractivity contribution in [2.75, 3.05) is 0 Å². The molecule has 1 aliphatic rings. The third kappa shape index (κ3) is 3.56. The Morgan fingerprint density at radius 3 is 2.35 bits per heavy atom. The number of H-pyrrole nitrogens is 1. The van der Waals surface area contributed by atoms with E-state index in [2.05, 4.69) is 29.4 Å². The lowest BCUT2D eigenvalue weighted by molar-refractivity contribution is 0.388. The van der Waals surface area contributed by atoms with E-state index in [-0.39, 0.29) is 0 Å². The first-order chi connectivity index (χ1) is 8.27. The molecule has 3 heteroatoms. The number of aromatic nitrogens is 2. The molecule has 0 spiro atoms. The van der Waals surface area contributed by atoms with Crippen LogP contribution < -0.4 is 5.32 Å². The molecule has 1 aliphatic carbocycles. The number of nitrogens with zero attached hydrogens (tertiary/aromatic N) is 1. The van der Waals surface area contributed by atoms with Crippen molar-refractivity contribution in [1.82, 2.24) is 15.5 Å². The van der Waals surface area contributed by atoms with E-state index < -0.39 is 0 Å². The average Bonchev–Trinajstić information content (AvgIpc) is 2.58. The molecule has 2 N–H and O–H groups in total. The van der Waals surface area contributed by atoms with E-state index >= 15 is 0 Å². The van der Waals surface area contributed by atoms with E-state index in [1.807, 2.05) is 0 Å². The van der Waals surface area contributed by atoms with Crippen molar-refractivity contribution < 1.29 is 0 Å². The molecule has 1 heterocycles. The number of aryl methyl sites for hydroxylation is 2.